The molecule has 0 bridgehead atoms. The molecule has 88 valence electrons. The van der Waals surface area contributed by atoms with E-state index in [4.69, 9.17) is 0 Å². The van der Waals surface area contributed by atoms with Crippen molar-refractivity contribution >= 4 is 0 Å². The van der Waals surface area contributed by atoms with Crippen LogP contribution >= 0.6 is 0 Å². The first-order valence-corrected chi connectivity index (χ1v) is 5.62. The maximum absolute atomic E-state index is 10.1. The predicted octanol–water partition coefficient (Wildman–Crippen LogP) is 1.27. The lowest BCUT2D eigenvalue weighted by atomic mass is 9.95. The Bertz CT molecular complexity index is 361. The Morgan fingerprint density at radius 2 is 2.00 bits per heavy atom. The minimum atomic E-state index is -0.633. The molecule has 4 N–H and O–H groups in total. The highest BCUT2D eigenvalue weighted by molar-refractivity contribution is 5.41. The van der Waals surface area contributed by atoms with Gasteiger partial charge in [-0.15, -0.1) is 0 Å². The number of rotatable bonds is 2. The maximum Gasteiger partial charge on any atom is 0.157 e. The molecule has 1 aromatic carbocycles. The third kappa shape index (κ3) is 2.28. The number of piperidine rings is 1. The molecule has 1 aromatic rings. The third-order valence-corrected chi connectivity index (χ3v) is 3.07. The molecule has 1 unspecified atom stereocenters. The predicted molar refractivity (Wildman–Crippen MR) is 60.4 cm³/mol. The first kappa shape index (κ1) is 11.2. The van der Waals surface area contributed by atoms with Crippen molar-refractivity contribution in [2.75, 3.05) is 6.54 Å². The molecular formula is C12H17NO3. The Balaban J connectivity index is 2.12. The Labute approximate surface area is 94.5 Å². The van der Waals surface area contributed by atoms with Crippen LogP contribution in [0.4, 0.5) is 0 Å². The van der Waals surface area contributed by atoms with Crippen LogP contribution in [0.3, 0.4) is 0 Å². The van der Waals surface area contributed by atoms with Gasteiger partial charge in [0.05, 0.1) is 6.10 Å². The first-order valence-electron chi connectivity index (χ1n) is 5.62. The van der Waals surface area contributed by atoms with Gasteiger partial charge in [-0.2, -0.15) is 0 Å². The second-order valence-electron chi connectivity index (χ2n) is 4.25. The van der Waals surface area contributed by atoms with E-state index >= 15 is 0 Å². The van der Waals surface area contributed by atoms with Crippen molar-refractivity contribution in [2.45, 2.75) is 31.4 Å². The largest absolute Gasteiger partial charge is 0.504 e. The van der Waals surface area contributed by atoms with Gasteiger partial charge in [0, 0.05) is 6.04 Å². The Morgan fingerprint density at radius 1 is 1.19 bits per heavy atom. The van der Waals surface area contributed by atoms with Crippen LogP contribution in [0.15, 0.2) is 18.2 Å². The molecule has 2 atom stereocenters. The van der Waals surface area contributed by atoms with Gasteiger partial charge in [0.15, 0.2) is 11.5 Å². The number of aromatic hydroxyl groups is 2. The van der Waals surface area contributed by atoms with Crippen molar-refractivity contribution in [2.24, 2.45) is 0 Å². The van der Waals surface area contributed by atoms with Gasteiger partial charge in [0.2, 0.25) is 0 Å². The highest BCUT2D eigenvalue weighted by atomic mass is 16.3. The zero-order chi connectivity index (χ0) is 11.5. The quantitative estimate of drug-likeness (QED) is 0.570. The molecular weight excluding hydrogens is 206 g/mol. The van der Waals surface area contributed by atoms with Crippen molar-refractivity contribution in [1.82, 2.24) is 5.32 Å². The number of nitrogens with one attached hydrogen (secondary N) is 1. The van der Waals surface area contributed by atoms with Gasteiger partial charge >= 0.3 is 0 Å². The van der Waals surface area contributed by atoms with Crippen molar-refractivity contribution < 1.29 is 15.3 Å². The Morgan fingerprint density at radius 3 is 2.62 bits per heavy atom. The third-order valence-electron chi connectivity index (χ3n) is 3.07. The molecule has 1 heterocycles. The van der Waals surface area contributed by atoms with Gasteiger partial charge < -0.3 is 20.6 Å². The summed E-state index contributed by atoms with van der Waals surface area (Å²) in [6.07, 6.45) is 2.55. The van der Waals surface area contributed by atoms with E-state index in [9.17, 15) is 15.3 Å². The standard InChI is InChI=1S/C12H17NO3/c14-10-5-4-8(7-11(10)15)12(16)9-3-1-2-6-13-9/h4-5,7,9,12-16H,1-3,6H2/t9-,12?/m1/s1. The van der Waals surface area contributed by atoms with Gasteiger partial charge in [0.25, 0.3) is 0 Å². The van der Waals surface area contributed by atoms with Gasteiger partial charge in [-0.25, -0.2) is 0 Å². The van der Waals surface area contributed by atoms with Crippen LogP contribution in [0, 0.1) is 0 Å². The van der Waals surface area contributed by atoms with Crippen LogP contribution in [0.5, 0.6) is 11.5 Å². The molecule has 4 nitrogen and oxygen atoms in total. The van der Waals surface area contributed by atoms with Crippen molar-refractivity contribution in [3.8, 4) is 11.5 Å². The fourth-order valence-corrected chi connectivity index (χ4v) is 2.11. The topological polar surface area (TPSA) is 72.7 Å². The SMILES string of the molecule is Oc1ccc(C(O)[C@H]2CCCCN2)cc1O. The van der Waals surface area contributed by atoms with Gasteiger partial charge in [-0.3, -0.25) is 0 Å². The van der Waals surface area contributed by atoms with E-state index in [0.29, 0.717) is 5.56 Å². The number of phenolic OH excluding ortho intramolecular Hbond substituents is 2. The summed E-state index contributed by atoms with van der Waals surface area (Å²) < 4.78 is 0. The molecule has 1 saturated heterocycles. The molecule has 0 saturated carbocycles. The van der Waals surface area contributed by atoms with Crippen LogP contribution in [0.1, 0.15) is 30.9 Å². The Hall–Kier alpha value is -1.26. The molecule has 1 aliphatic rings. The van der Waals surface area contributed by atoms with E-state index in [2.05, 4.69) is 5.32 Å². The monoisotopic (exact) mass is 223 g/mol. The van der Waals surface area contributed by atoms with E-state index in [1.54, 1.807) is 6.07 Å². The molecule has 0 amide bonds. The number of phenols is 2. The molecule has 0 aromatic heterocycles. The number of benzene rings is 1. The van der Waals surface area contributed by atoms with Crippen molar-refractivity contribution in [3.63, 3.8) is 0 Å². The van der Waals surface area contributed by atoms with E-state index in [1.807, 2.05) is 0 Å². The smallest absolute Gasteiger partial charge is 0.157 e. The molecule has 4 heteroatoms. The lowest BCUT2D eigenvalue weighted by Gasteiger charge is -2.28. The molecule has 0 spiro atoms. The normalized spacial score (nSPS) is 22.9. The van der Waals surface area contributed by atoms with Crippen LogP contribution in [0.25, 0.3) is 0 Å². The molecule has 16 heavy (non-hydrogen) atoms. The van der Waals surface area contributed by atoms with Gasteiger partial charge in [0.1, 0.15) is 0 Å². The lowest BCUT2D eigenvalue weighted by molar-refractivity contribution is 0.113. The Kier molecular flexibility index (Phi) is 3.31. The van der Waals surface area contributed by atoms with E-state index in [1.165, 1.54) is 12.1 Å². The maximum atomic E-state index is 10.1. The summed E-state index contributed by atoms with van der Waals surface area (Å²) >= 11 is 0. The second-order valence-corrected chi connectivity index (χ2v) is 4.25. The summed E-state index contributed by atoms with van der Waals surface area (Å²) in [5.74, 6) is -0.347. The molecule has 0 radical (unpaired) electrons. The van der Waals surface area contributed by atoms with Gasteiger partial charge in [-0.05, 0) is 37.1 Å². The van der Waals surface area contributed by atoms with E-state index in [0.717, 1.165) is 25.8 Å². The molecule has 1 aliphatic heterocycles. The first-order chi connectivity index (χ1) is 7.68. The summed E-state index contributed by atoms with van der Waals surface area (Å²) in [5, 5.41) is 31.9. The van der Waals surface area contributed by atoms with Crippen LogP contribution in [-0.2, 0) is 0 Å². The second kappa shape index (κ2) is 4.72. The van der Waals surface area contributed by atoms with Crippen LogP contribution < -0.4 is 5.32 Å². The van der Waals surface area contributed by atoms with Crippen molar-refractivity contribution in [1.29, 1.82) is 0 Å². The van der Waals surface area contributed by atoms with Crippen molar-refractivity contribution in [3.05, 3.63) is 23.8 Å². The number of hydrogen-bond donors (Lipinski definition) is 4. The fourth-order valence-electron chi connectivity index (χ4n) is 2.11. The minimum Gasteiger partial charge on any atom is -0.504 e. The van der Waals surface area contributed by atoms with E-state index in [-0.39, 0.29) is 17.5 Å². The summed E-state index contributed by atoms with van der Waals surface area (Å²) in [6, 6.07) is 4.49. The fraction of sp³-hybridized carbons (Fsp3) is 0.500. The lowest BCUT2D eigenvalue weighted by Crippen LogP contribution is -2.38. The number of aliphatic hydroxyl groups excluding tert-OH is 1. The minimum absolute atomic E-state index is 0.0395. The summed E-state index contributed by atoms with van der Waals surface area (Å²) in [7, 11) is 0. The number of hydrogen-bond acceptors (Lipinski definition) is 4. The highest BCUT2D eigenvalue weighted by Crippen LogP contribution is 2.30. The average Bonchev–Trinajstić information content (AvgIpc) is 2.33. The average molecular weight is 223 g/mol. The highest BCUT2D eigenvalue weighted by Gasteiger charge is 2.23. The molecule has 1 fully saturated rings. The summed E-state index contributed by atoms with van der Waals surface area (Å²) in [6.45, 7) is 0.922. The van der Waals surface area contributed by atoms with Crippen LogP contribution in [0.2, 0.25) is 0 Å². The van der Waals surface area contributed by atoms with Crippen LogP contribution in [-0.4, -0.2) is 27.9 Å². The number of aliphatic hydroxyl groups is 1. The van der Waals surface area contributed by atoms with E-state index < -0.39 is 6.10 Å². The summed E-state index contributed by atoms with van der Waals surface area (Å²) in [4.78, 5) is 0. The zero-order valence-electron chi connectivity index (χ0n) is 9.06. The molecule has 0 aliphatic carbocycles. The molecule has 2 rings (SSSR count). The summed E-state index contributed by atoms with van der Waals surface area (Å²) in [5.41, 5.74) is 0.634. The van der Waals surface area contributed by atoms with Gasteiger partial charge in [-0.1, -0.05) is 12.5 Å². The zero-order valence-corrected chi connectivity index (χ0v) is 9.06.